The van der Waals surface area contributed by atoms with Crippen molar-refractivity contribution in [2.45, 2.75) is 45.3 Å². The first-order valence-corrected chi connectivity index (χ1v) is 9.05. The van der Waals surface area contributed by atoms with Crippen molar-refractivity contribution in [2.75, 3.05) is 6.54 Å². The Bertz CT molecular complexity index is 648. The molecule has 0 bridgehead atoms. The van der Waals surface area contributed by atoms with E-state index in [1.54, 1.807) is 5.57 Å². The minimum atomic E-state index is 0.616. The molecule has 0 saturated carbocycles. The Morgan fingerprint density at radius 1 is 0.917 bits per heavy atom. The summed E-state index contributed by atoms with van der Waals surface area (Å²) in [6.45, 7) is 2.52. The Kier molecular flexibility index (Phi) is 6.50. The fourth-order valence-corrected chi connectivity index (χ4v) is 3.13. The molecule has 0 radical (unpaired) electrons. The van der Waals surface area contributed by atoms with Gasteiger partial charge < -0.3 is 10.1 Å². The second kappa shape index (κ2) is 9.29. The molecule has 1 aliphatic carbocycles. The highest BCUT2D eigenvalue weighted by molar-refractivity contribution is 5.33. The number of hydrogen-bond donors (Lipinski definition) is 1. The Hall–Kier alpha value is -2.06. The summed E-state index contributed by atoms with van der Waals surface area (Å²) in [7, 11) is 0. The molecule has 0 unspecified atom stereocenters. The monoisotopic (exact) mass is 321 g/mol. The van der Waals surface area contributed by atoms with E-state index in [0.29, 0.717) is 6.61 Å². The number of benzene rings is 2. The van der Waals surface area contributed by atoms with Crippen LogP contribution in [0.15, 0.2) is 66.2 Å². The van der Waals surface area contributed by atoms with Gasteiger partial charge in [-0.1, -0.05) is 60.2 Å². The van der Waals surface area contributed by atoms with Gasteiger partial charge in [0.1, 0.15) is 12.4 Å². The third-order valence-corrected chi connectivity index (χ3v) is 4.53. The van der Waals surface area contributed by atoms with Gasteiger partial charge in [-0.2, -0.15) is 0 Å². The fraction of sp³-hybridized carbons (Fsp3) is 0.364. The zero-order valence-corrected chi connectivity index (χ0v) is 14.3. The van der Waals surface area contributed by atoms with E-state index < -0.39 is 0 Å². The summed E-state index contributed by atoms with van der Waals surface area (Å²) in [5.74, 6) is 0.978. The van der Waals surface area contributed by atoms with Crippen LogP contribution in [-0.2, 0) is 13.2 Å². The third kappa shape index (κ3) is 5.24. The molecule has 0 aliphatic heterocycles. The quantitative estimate of drug-likeness (QED) is 0.530. The maximum atomic E-state index is 6.02. The lowest BCUT2D eigenvalue weighted by Gasteiger charge is -2.14. The van der Waals surface area contributed by atoms with E-state index in [1.165, 1.54) is 43.2 Å². The molecule has 0 saturated heterocycles. The summed E-state index contributed by atoms with van der Waals surface area (Å²) in [4.78, 5) is 0. The van der Waals surface area contributed by atoms with Crippen molar-refractivity contribution in [3.63, 3.8) is 0 Å². The van der Waals surface area contributed by atoms with Crippen molar-refractivity contribution < 1.29 is 4.74 Å². The molecule has 2 aromatic carbocycles. The van der Waals surface area contributed by atoms with Gasteiger partial charge in [0.2, 0.25) is 0 Å². The number of ether oxygens (including phenoxy) is 1. The van der Waals surface area contributed by atoms with E-state index in [9.17, 15) is 0 Å². The molecule has 3 rings (SSSR count). The largest absolute Gasteiger partial charge is 0.489 e. The minimum Gasteiger partial charge on any atom is -0.489 e. The van der Waals surface area contributed by atoms with Gasteiger partial charge in [-0.3, -0.25) is 0 Å². The molecule has 1 aliphatic rings. The molecule has 0 aromatic heterocycles. The Balaban J connectivity index is 1.47. The Labute approximate surface area is 145 Å². The predicted octanol–water partition coefficient (Wildman–Crippen LogP) is 5.25. The van der Waals surface area contributed by atoms with E-state index in [1.807, 2.05) is 24.3 Å². The number of hydrogen-bond acceptors (Lipinski definition) is 2. The van der Waals surface area contributed by atoms with Crippen LogP contribution in [0.25, 0.3) is 0 Å². The lowest BCUT2D eigenvalue weighted by molar-refractivity contribution is 0.302. The zero-order chi connectivity index (χ0) is 16.5. The molecule has 126 valence electrons. The van der Waals surface area contributed by atoms with Crippen molar-refractivity contribution in [2.24, 2.45) is 0 Å². The van der Waals surface area contributed by atoms with Crippen LogP contribution in [0, 0.1) is 0 Å². The van der Waals surface area contributed by atoms with Gasteiger partial charge in [-0.05, 0) is 50.3 Å². The first-order chi connectivity index (χ1) is 11.9. The van der Waals surface area contributed by atoms with Crippen molar-refractivity contribution in [3.8, 4) is 5.75 Å². The number of para-hydroxylation sites is 1. The summed E-state index contributed by atoms with van der Waals surface area (Å²) in [6.07, 6.45) is 8.89. The van der Waals surface area contributed by atoms with E-state index in [0.717, 1.165) is 18.8 Å². The Morgan fingerprint density at radius 2 is 1.75 bits per heavy atom. The van der Waals surface area contributed by atoms with Crippen LogP contribution in [0.5, 0.6) is 5.75 Å². The third-order valence-electron chi connectivity index (χ3n) is 4.53. The standard InChI is InChI=1S/C22H27NO/c1-3-9-19(10-4-1)15-16-23-17-21-13-7-8-14-22(21)24-18-20-11-5-2-6-12-20/h2,5-9,11-14,23H,1,3-4,10,15-18H2. The molecule has 2 aromatic rings. The molecule has 0 fully saturated rings. The molecule has 1 N–H and O–H groups in total. The van der Waals surface area contributed by atoms with Crippen LogP contribution in [0.4, 0.5) is 0 Å². The summed E-state index contributed by atoms with van der Waals surface area (Å²) in [6, 6.07) is 18.6. The fourth-order valence-electron chi connectivity index (χ4n) is 3.13. The summed E-state index contributed by atoms with van der Waals surface area (Å²) >= 11 is 0. The molecule has 2 heteroatoms. The van der Waals surface area contributed by atoms with Gasteiger partial charge in [0.25, 0.3) is 0 Å². The summed E-state index contributed by atoms with van der Waals surface area (Å²) < 4.78 is 6.02. The van der Waals surface area contributed by atoms with Gasteiger partial charge in [0.15, 0.2) is 0 Å². The first kappa shape index (κ1) is 16.8. The predicted molar refractivity (Wildman–Crippen MR) is 100 cm³/mol. The van der Waals surface area contributed by atoms with Gasteiger partial charge >= 0.3 is 0 Å². The number of allylic oxidation sites excluding steroid dienone is 1. The van der Waals surface area contributed by atoms with Crippen LogP contribution in [0.3, 0.4) is 0 Å². The second-order valence-corrected chi connectivity index (χ2v) is 6.42. The lowest BCUT2D eigenvalue weighted by Crippen LogP contribution is -2.16. The smallest absolute Gasteiger partial charge is 0.124 e. The van der Waals surface area contributed by atoms with Gasteiger partial charge in [-0.25, -0.2) is 0 Å². The van der Waals surface area contributed by atoms with E-state index in [-0.39, 0.29) is 0 Å². The van der Waals surface area contributed by atoms with Crippen molar-refractivity contribution >= 4 is 0 Å². The molecule has 2 nitrogen and oxygen atoms in total. The first-order valence-electron chi connectivity index (χ1n) is 9.05. The van der Waals surface area contributed by atoms with Gasteiger partial charge in [0, 0.05) is 12.1 Å². The molecule has 24 heavy (non-hydrogen) atoms. The Morgan fingerprint density at radius 3 is 2.58 bits per heavy atom. The highest BCUT2D eigenvalue weighted by Crippen LogP contribution is 2.21. The molecule has 0 atom stereocenters. The van der Waals surface area contributed by atoms with Gasteiger partial charge in [0.05, 0.1) is 0 Å². The van der Waals surface area contributed by atoms with Crippen LogP contribution in [0.1, 0.15) is 43.2 Å². The van der Waals surface area contributed by atoms with Crippen LogP contribution in [0.2, 0.25) is 0 Å². The van der Waals surface area contributed by atoms with Crippen LogP contribution >= 0.6 is 0 Å². The molecular weight excluding hydrogens is 294 g/mol. The lowest BCUT2D eigenvalue weighted by atomic mass is 9.97. The zero-order valence-electron chi connectivity index (χ0n) is 14.3. The SMILES string of the molecule is C1=C(CCNCc2ccccc2OCc2ccccc2)CCCC1. The number of rotatable bonds is 8. The molecule has 0 amide bonds. The molecule has 0 spiro atoms. The molecular formula is C22H27NO. The van der Waals surface area contributed by atoms with Crippen LogP contribution in [-0.4, -0.2) is 6.54 Å². The van der Waals surface area contributed by atoms with Crippen molar-refractivity contribution in [1.82, 2.24) is 5.32 Å². The van der Waals surface area contributed by atoms with Crippen molar-refractivity contribution in [3.05, 3.63) is 77.4 Å². The van der Waals surface area contributed by atoms with E-state index in [4.69, 9.17) is 4.74 Å². The highest BCUT2D eigenvalue weighted by Gasteiger charge is 2.05. The normalized spacial score (nSPS) is 14.2. The van der Waals surface area contributed by atoms with Gasteiger partial charge in [-0.15, -0.1) is 0 Å². The summed E-state index contributed by atoms with van der Waals surface area (Å²) in [5.41, 5.74) is 4.05. The highest BCUT2D eigenvalue weighted by atomic mass is 16.5. The second-order valence-electron chi connectivity index (χ2n) is 6.42. The van der Waals surface area contributed by atoms with E-state index >= 15 is 0 Å². The maximum Gasteiger partial charge on any atom is 0.124 e. The van der Waals surface area contributed by atoms with E-state index in [2.05, 4.69) is 41.7 Å². The topological polar surface area (TPSA) is 21.3 Å². The maximum absolute atomic E-state index is 6.02. The minimum absolute atomic E-state index is 0.616. The van der Waals surface area contributed by atoms with Crippen LogP contribution < -0.4 is 10.1 Å². The molecule has 0 heterocycles. The average Bonchev–Trinajstić information content (AvgIpc) is 2.66. The summed E-state index contributed by atoms with van der Waals surface area (Å²) in [5, 5.41) is 3.57. The van der Waals surface area contributed by atoms with Crippen molar-refractivity contribution in [1.29, 1.82) is 0 Å². The number of nitrogens with one attached hydrogen (secondary N) is 1. The average molecular weight is 321 g/mol.